The highest BCUT2D eigenvalue weighted by Crippen LogP contribution is 2.56. The molecule has 1 saturated carbocycles. The van der Waals surface area contributed by atoms with E-state index >= 15 is 0 Å². The third kappa shape index (κ3) is 1.93. The fraction of sp³-hybridized carbons (Fsp3) is 0.462. The van der Waals surface area contributed by atoms with Gasteiger partial charge in [-0.25, -0.2) is 4.79 Å². The van der Waals surface area contributed by atoms with Crippen molar-refractivity contribution in [2.75, 3.05) is 21.3 Å². The number of hydrogen-bond acceptors (Lipinski definition) is 5. The van der Waals surface area contributed by atoms with E-state index in [4.69, 9.17) is 14.2 Å². The van der Waals surface area contributed by atoms with Gasteiger partial charge in [0.2, 0.25) is 6.08 Å². The average molecular weight is 249 g/mol. The lowest BCUT2D eigenvalue weighted by atomic mass is 10.0. The molecule has 96 valence electrons. The Bertz CT molecular complexity index is 477. The van der Waals surface area contributed by atoms with Crippen LogP contribution in [0.15, 0.2) is 17.1 Å². The lowest BCUT2D eigenvalue weighted by molar-refractivity contribution is 0.362. The number of nitrogens with zero attached hydrogens (tertiary/aromatic N) is 1. The average Bonchev–Trinajstić information content (AvgIpc) is 3.18. The van der Waals surface area contributed by atoms with Crippen molar-refractivity contribution in [3.63, 3.8) is 0 Å². The molecular weight excluding hydrogens is 234 g/mol. The van der Waals surface area contributed by atoms with Crippen molar-refractivity contribution < 1.29 is 19.0 Å². The highest BCUT2D eigenvalue weighted by molar-refractivity contribution is 5.57. The van der Waals surface area contributed by atoms with Crippen LogP contribution < -0.4 is 14.2 Å². The van der Waals surface area contributed by atoms with Crippen LogP contribution >= 0.6 is 0 Å². The first-order valence-electron chi connectivity index (χ1n) is 5.60. The summed E-state index contributed by atoms with van der Waals surface area (Å²) in [7, 11) is 4.71. The van der Waals surface area contributed by atoms with Crippen LogP contribution in [0.5, 0.6) is 17.2 Å². The quantitative estimate of drug-likeness (QED) is 0.592. The zero-order valence-electron chi connectivity index (χ0n) is 10.6. The van der Waals surface area contributed by atoms with E-state index in [1.54, 1.807) is 39.5 Å². The standard InChI is InChI=1S/C13H15NO4/c1-16-9-6-10(17-2)12(11(7-9)18-3)13(4-5-13)14-8-15/h6-7H,4-5H2,1-3H3. The van der Waals surface area contributed by atoms with E-state index in [-0.39, 0.29) is 0 Å². The summed E-state index contributed by atoms with van der Waals surface area (Å²) in [6.45, 7) is 0. The van der Waals surface area contributed by atoms with Crippen molar-refractivity contribution in [1.29, 1.82) is 0 Å². The minimum atomic E-state index is -0.537. The number of aliphatic imine (C=N–C) groups is 1. The Morgan fingerprint density at radius 3 is 2.00 bits per heavy atom. The molecule has 0 unspecified atom stereocenters. The van der Waals surface area contributed by atoms with Crippen molar-refractivity contribution in [3.05, 3.63) is 17.7 Å². The molecule has 0 heterocycles. The molecule has 0 radical (unpaired) electrons. The lowest BCUT2D eigenvalue weighted by Gasteiger charge is -2.18. The van der Waals surface area contributed by atoms with Gasteiger partial charge in [0.05, 0.1) is 26.9 Å². The normalized spacial score (nSPS) is 15.5. The zero-order valence-corrected chi connectivity index (χ0v) is 10.6. The van der Waals surface area contributed by atoms with E-state index in [1.165, 1.54) is 0 Å². The largest absolute Gasteiger partial charge is 0.496 e. The summed E-state index contributed by atoms with van der Waals surface area (Å²) in [5.74, 6) is 1.86. The summed E-state index contributed by atoms with van der Waals surface area (Å²) in [6, 6.07) is 3.52. The molecular formula is C13H15NO4. The Hall–Kier alpha value is -2.00. The predicted molar refractivity (Wildman–Crippen MR) is 65.1 cm³/mol. The fourth-order valence-electron chi connectivity index (χ4n) is 2.09. The summed E-state index contributed by atoms with van der Waals surface area (Å²) >= 11 is 0. The van der Waals surface area contributed by atoms with E-state index in [2.05, 4.69) is 4.99 Å². The summed E-state index contributed by atoms with van der Waals surface area (Å²) in [6.07, 6.45) is 3.22. The maximum absolute atomic E-state index is 10.6. The van der Waals surface area contributed by atoms with Crippen molar-refractivity contribution in [2.45, 2.75) is 18.4 Å². The molecule has 5 heteroatoms. The van der Waals surface area contributed by atoms with E-state index in [9.17, 15) is 4.79 Å². The van der Waals surface area contributed by atoms with Crippen molar-refractivity contribution in [2.24, 2.45) is 4.99 Å². The molecule has 0 atom stereocenters. The van der Waals surface area contributed by atoms with Gasteiger partial charge in [-0.1, -0.05) is 0 Å². The smallest absolute Gasteiger partial charge is 0.235 e. The molecule has 18 heavy (non-hydrogen) atoms. The lowest BCUT2D eigenvalue weighted by Crippen LogP contribution is -2.08. The van der Waals surface area contributed by atoms with E-state index in [1.807, 2.05) is 0 Å². The van der Waals surface area contributed by atoms with Crippen LogP contribution in [0.2, 0.25) is 0 Å². The van der Waals surface area contributed by atoms with Crippen LogP contribution in [0, 0.1) is 0 Å². The molecule has 1 aliphatic rings. The van der Waals surface area contributed by atoms with E-state index in [0.717, 1.165) is 18.4 Å². The third-order valence-electron chi connectivity index (χ3n) is 3.16. The van der Waals surface area contributed by atoms with E-state index < -0.39 is 5.54 Å². The molecule has 2 rings (SSSR count). The number of ether oxygens (including phenoxy) is 3. The summed E-state index contributed by atoms with van der Waals surface area (Å²) < 4.78 is 15.9. The maximum atomic E-state index is 10.6. The molecule has 1 aliphatic carbocycles. The van der Waals surface area contributed by atoms with Crippen LogP contribution in [0.3, 0.4) is 0 Å². The zero-order chi connectivity index (χ0) is 13.2. The molecule has 0 amide bonds. The molecule has 1 aromatic carbocycles. The predicted octanol–water partition coefficient (Wildman–Crippen LogP) is 2.04. The van der Waals surface area contributed by atoms with Crippen molar-refractivity contribution in [1.82, 2.24) is 0 Å². The Morgan fingerprint density at radius 2 is 1.67 bits per heavy atom. The van der Waals surface area contributed by atoms with Gasteiger partial charge in [-0.2, -0.15) is 4.99 Å². The number of isocyanates is 1. The number of rotatable bonds is 5. The van der Waals surface area contributed by atoms with Gasteiger partial charge in [-0.15, -0.1) is 0 Å². The van der Waals surface area contributed by atoms with E-state index in [0.29, 0.717) is 17.2 Å². The highest BCUT2D eigenvalue weighted by Gasteiger charge is 2.49. The minimum absolute atomic E-state index is 0.537. The summed E-state index contributed by atoms with van der Waals surface area (Å²) in [4.78, 5) is 14.5. The minimum Gasteiger partial charge on any atom is -0.496 e. The molecule has 1 fully saturated rings. The second kappa shape index (κ2) is 4.70. The Labute approximate surface area is 105 Å². The molecule has 0 N–H and O–H groups in total. The molecule has 0 aliphatic heterocycles. The maximum Gasteiger partial charge on any atom is 0.235 e. The first kappa shape index (κ1) is 12.5. The fourth-order valence-corrected chi connectivity index (χ4v) is 2.09. The highest BCUT2D eigenvalue weighted by atomic mass is 16.5. The first-order chi connectivity index (χ1) is 8.70. The molecule has 0 aromatic heterocycles. The van der Waals surface area contributed by atoms with Gasteiger partial charge in [0.25, 0.3) is 0 Å². The number of carbonyl (C=O) groups excluding carboxylic acids is 1. The van der Waals surface area contributed by atoms with Crippen molar-refractivity contribution >= 4 is 6.08 Å². The molecule has 1 aromatic rings. The van der Waals surface area contributed by atoms with Gasteiger partial charge in [0.1, 0.15) is 22.8 Å². The van der Waals surface area contributed by atoms with Crippen LogP contribution in [0.4, 0.5) is 0 Å². The van der Waals surface area contributed by atoms with Gasteiger partial charge < -0.3 is 14.2 Å². The van der Waals surface area contributed by atoms with Crippen LogP contribution in [-0.2, 0) is 10.3 Å². The second-order valence-corrected chi connectivity index (χ2v) is 4.14. The number of methoxy groups -OCH3 is 3. The monoisotopic (exact) mass is 249 g/mol. The van der Waals surface area contributed by atoms with Gasteiger partial charge in [-0.05, 0) is 12.8 Å². The van der Waals surface area contributed by atoms with Gasteiger partial charge in [0, 0.05) is 12.1 Å². The van der Waals surface area contributed by atoms with Crippen LogP contribution in [0.25, 0.3) is 0 Å². The van der Waals surface area contributed by atoms with Crippen molar-refractivity contribution in [3.8, 4) is 17.2 Å². The van der Waals surface area contributed by atoms with Gasteiger partial charge in [0.15, 0.2) is 0 Å². The van der Waals surface area contributed by atoms with Crippen LogP contribution in [-0.4, -0.2) is 27.4 Å². The summed E-state index contributed by atoms with van der Waals surface area (Å²) in [5, 5.41) is 0. The Morgan fingerprint density at radius 1 is 1.11 bits per heavy atom. The molecule has 0 bridgehead atoms. The number of benzene rings is 1. The SMILES string of the molecule is COc1cc(OC)c(C2(N=C=O)CC2)c(OC)c1. The van der Waals surface area contributed by atoms with Gasteiger partial charge >= 0.3 is 0 Å². The molecule has 0 spiro atoms. The van der Waals surface area contributed by atoms with Crippen LogP contribution in [0.1, 0.15) is 18.4 Å². The Balaban J connectivity index is 2.61. The molecule has 0 saturated heterocycles. The number of hydrogen-bond donors (Lipinski definition) is 0. The second-order valence-electron chi connectivity index (χ2n) is 4.14. The Kier molecular flexibility index (Phi) is 3.26. The topological polar surface area (TPSA) is 57.1 Å². The molecule has 5 nitrogen and oxygen atoms in total. The summed E-state index contributed by atoms with van der Waals surface area (Å²) in [5.41, 5.74) is 0.252. The first-order valence-corrected chi connectivity index (χ1v) is 5.60. The third-order valence-corrected chi connectivity index (χ3v) is 3.16. The van der Waals surface area contributed by atoms with Gasteiger partial charge in [-0.3, -0.25) is 0 Å².